The monoisotopic (exact) mass is 315 g/mol. The van der Waals surface area contributed by atoms with Crippen LogP contribution in [0.1, 0.15) is 27.2 Å². The summed E-state index contributed by atoms with van der Waals surface area (Å²) in [6, 6.07) is 9.13. The molecule has 1 aromatic carbocycles. The zero-order chi connectivity index (χ0) is 12.7. The molecule has 0 fully saturated rings. The summed E-state index contributed by atoms with van der Waals surface area (Å²) in [5, 5.41) is 3.59. The van der Waals surface area contributed by atoms with E-state index in [1.54, 1.807) is 0 Å². The van der Waals surface area contributed by atoms with Gasteiger partial charge in [-0.3, -0.25) is 0 Å². The average molecular weight is 316 g/mol. The molecular weight excluding hydrogens is 294 g/mol. The lowest BCUT2D eigenvalue weighted by Crippen LogP contribution is -2.36. The molecule has 0 amide bonds. The number of rotatable bonds is 7. The van der Waals surface area contributed by atoms with Gasteiger partial charge in [-0.15, -0.1) is 11.8 Å². The fourth-order valence-electron chi connectivity index (χ4n) is 1.71. The van der Waals surface area contributed by atoms with Gasteiger partial charge in [-0.2, -0.15) is 0 Å². The normalized spacial score (nSPS) is 14.6. The third-order valence-corrected chi connectivity index (χ3v) is 4.63. The first kappa shape index (κ1) is 15.1. The van der Waals surface area contributed by atoms with E-state index in [4.69, 9.17) is 0 Å². The van der Waals surface area contributed by atoms with E-state index in [1.807, 2.05) is 11.8 Å². The Bertz CT molecular complexity index is 330. The Kier molecular flexibility index (Phi) is 7.24. The molecule has 0 aliphatic rings. The minimum atomic E-state index is 0.606. The largest absolute Gasteiger partial charge is 0.313 e. The summed E-state index contributed by atoms with van der Waals surface area (Å²) in [7, 11) is 0. The highest BCUT2D eigenvalue weighted by atomic mass is 79.9. The second-order valence-corrected chi connectivity index (χ2v) is 6.33. The van der Waals surface area contributed by atoms with Gasteiger partial charge in [-0.05, 0) is 30.7 Å². The molecule has 0 saturated heterocycles. The number of hydrogen-bond donors (Lipinski definition) is 1. The SMILES string of the molecule is CCNC(CSc1cccc(Br)c1)C(C)CC. The molecule has 1 aromatic rings. The summed E-state index contributed by atoms with van der Waals surface area (Å²) in [4.78, 5) is 1.34. The molecule has 1 nitrogen and oxygen atoms in total. The highest BCUT2D eigenvalue weighted by Gasteiger charge is 2.14. The fourth-order valence-corrected chi connectivity index (χ4v) is 3.47. The number of nitrogens with one attached hydrogen (secondary N) is 1. The van der Waals surface area contributed by atoms with Gasteiger partial charge in [-0.1, -0.05) is 49.2 Å². The zero-order valence-electron chi connectivity index (χ0n) is 10.9. The van der Waals surface area contributed by atoms with Crippen LogP contribution in [0.4, 0.5) is 0 Å². The second-order valence-electron chi connectivity index (χ2n) is 4.32. The van der Waals surface area contributed by atoms with E-state index in [1.165, 1.54) is 11.3 Å². The molecule has 0 heterocycles. The Hall–Kier alpha value is 0.01000. The van der Waals surface area contributed by atoms with Crippen molar-refractivity contribution in [2.45, 2.75) is 38.1 Å². The van der Waals surface area contributed by atoms with Gasteiger partial charge < -0.3 is 5.32 Å². The van der Waals surface area contributed by atoms with E-state index in [0.29, 0.717) is 6.04 Å². The molecule has 0 aromatic heterocycles. The van der Waals surface area contributed by atoms with Crippen LogP contribution in [-0.2, 0) is 0 Å². The Labute approximate surface area is 118 Å². The number of hydrogen-bond acceptors (Lipinski definition) is 2. The molecule has 96 valence electrons. The summed E-state index contributed by atoms with van der Waals surface area (Å²) >= 11 is 5.45. The maximum Gasteiger partial charge on any atom is 0.0187 e. The zero-order valence-corrected chi connectivity index (χ0v) is 13.3. The Morgan fingerprint density at radius 2 is 2.12 bits per heavy atom. The molecule has 1 rings (SSSR count). The molecular formula is C14H22BrNS. The molecule has 0 saturated carbocycles. The van der Waals surface area contributed by atoms with Crippen LogP contribution < -0.4 is 5.32 Å². The Balaban J connectivity index is 2.51. The van der Waals surface area contributed by atoms with Crippen molar-refractivity contribution >= 4 is 27.7 Å². The quantitative estimate of drug-likeness (QED) is 0.740. The number of halogens is 1. The molecule has 0 aliphatic carbocycles. The first-order valence-corrected chi connectivity index (χ1v) is 8.07. The van der Waals surface area contributed by atoms with E-state index in [-0.39, 0.29) is 0 Å². The first-order chi connectivity index (χ1) is 8.17. The molecule has 0 aliphatic heterocycles. The predicted molar refractivity (Wildman–Crippen MR) is 81.8 cm³/mol. The van der Waals surface area contributed by atoms with E-state index in [2.05, 4.69) is 66.3 Å². The van der Waals surface area contributed by atoms with Crippen LogP contribution in [0.25, 0.3) is 0 Å². The highest BCUT2D eigenvalue weighted by Crippen LogP contribution is 2.24. The molecule has 2 unspecified atom stereocenters. The lowest BCUT2D eigenvalue weighted by atomic mass is 10.0. The molecule has 0 spiro atoms. The molecule has 3 heteroatoms. The first-order valence-electron chi connectivity index (χ1n) is 6.29. The van der Waals surface area contributed by atoms with Crippen LogP contribution in [0.15, 0.2) is 33.6 Å². The van der Waals surface area contributed by atoms with Crippen molar-refractivity contribution in [2.75, 3.05) is 12.3 Å². The van der Waals surface area contributed by atoms with E-state index >= 15 is 0 Å². The van der Waals surface area contributed by atoms with Gasteiger partial charge in [0.1, 0.15) is 0 Å². The third kappa shape index (κ3) is 5.45. The minimum absolute atomic E-state index is 0.606. The topological polar surface area (TPSA) is 12.0 Å². The highest BCUT2D eigenvalue weighted by molar-refractivity contribution is 9.10. The lowest BCUT2D eigenvalue weighted by Gasteiger charge is -2.23. The van der Waals surface area contributed by atoms with Crippen molar-refractivity contribution < 1.29 is 0 Å². The van der Waals surface area contributed by atoms with E-state index in [0.717, 1.165) is 22.7 Å². The summed E-state index contributed by atoms with van der Waals surface area (Å²) in [5.41, 5.74) is 0. The van der Waals surface area contributed by atoms with Crippen LogP contribution >= 0.6 is 27.7 Å². The van der Waals surface area contributed by atoms with Crippen molar-refractivity contribution in [2.24, 2.45) is 5.92 Å². The standard InChI is InChI=1S/C14H22BrNS/c1-4-11(3)14(16-5-2)10-17-13-8-6-7-12(15)9-13/h6-9,11,14,16H,4-5,10H2,1-3H3. The Morgan fingerprint density at radius 1 is 1.35 bits per heavy atom. The van der Waals surface area contributed by atoms with Gasteiger partial charge in [0.05, 0.1) is 0 Å². The molecule has 0 bridgehead atoms. The molecule has 1 N–H and O–H groups in total. The predicted octanol–water partition coefficient (Wildman–Crippen LogP) is 4.57. The lowest BCUT2D eigenvalue weighted by molar-refractivity contribution is 0.404. The average Bonchev–Trinajstić information content (AvgIpc) is 2.33. The maximum atomic E-state index is 3.59. The molecule has 17 heavy (non-hydrogen) atoms. The van der Waals surface area contributed by atoms with Crippen LogP contribution in [0.2, 0.25) is 0 Å². The smallest absolute Gasteiger partial charge is 0.0187 e. The minimum Gasteiger partial charge on any atom is -0.313 e. The van der Waals surface area contributed by atoms with Crippen molar-refractivity contribution in [3.63, 3.8) is 0 Å². The van der Waals surface area contributed by atoms with E-state index < -0.39 is 0 Å². The summed E-state index contributed by atoms with van der Waals surface area (Å²) in [6.07, 6.45) is 1.23. The van der Waals surface area contributed by atoms with Gasteiger partial charge in [0, 0.05) is 21.2 Å². The van der Waals surface area contributed by atoms with Crippen LogP contribution in [0.3, 0.4) is 0 Å². The summed E-state index contributed by atoms with van der Waals surface area (Å²) < 4.78 is 1.16. The van der Waals surface area contributed by atoms with Gasteiger partial charge in [0.15, 0.2) is 0 Å². The van der Waals surface area contributed by atoms with Gasteiger partial charge in [-0.25, -0.2) is 0 Å². The maximum absolute atomic E-state index is 3.59. The summed E-state index contributed by atoms with van der Waals surface area (Å²) in [6.45, 7) is 7.82. The fraction of sp³-hybridized carbons (Fsp3) is 0.571. The van der Waals surface area contributed by atoms with Gasteiger partial charge >= 0.3 is 0 Å². The van der Waals surface area contributed by atoms with Gasteiger partial charge in [0.25, 0.3) is 0 Å². The Morgan fingerprint density at radius 3 is 2.71 bits per heavy atom. The van der Waals surface area contributed by atoms with Crippen molar-refractivity contribution in [3.05, 3.63) is 28.7 Å². The van der Waals surface area contributed by atoms with Crippen LogP contribution in [0, 0.1) is 5.92 Å². The van der Waals surface area contributed by atoms with Crippen molar-refractivity contribution in [3.8, 4) is 0 Å². The summed E-state index contributed by atoms with van der Waals surface area (Å²) in [5.74, 6) is 1.87. The van der Waals surface area contributed by atoms with Gasteiger partial charge in [0.2, 0.25) is 0 Å². The number of benzene rings is 1. The molecule has 0 radical (unpaired) electrons. The van der Waals surface area contributed by atoms with Crippen LogP contribution in [0.5, 0.6) is 0 Å². The van der Waals surface area contributed by atoms with Crippen LogP contribution in [-0.4, -0.2) is 18.3 Å². The molecule has 2 atom stereocenters. The number of thioether (sulfide) groups is 1. The third-order valence-electron chi connectivity index (χ3n) is 3.02. The van der Waals surface area contributed by atoms with E-state index in [9.17, 15) is 0 Å². The van der Waals surface area contributed by atoms with Crippen molar-refractivity contribution in [1.82, 2.24) is 5.32 Å². The second kappa shape index (κ2) is 8.17. The van der Waals surface area contributed by atoms with Crippen molar-refractivity contribution in [1.29, 1.82) is 0 Å².